The van der Waals surface area contributed by atoms with Crippen LogP contribution < -0.4 is 0 Å². The molecule has 11 heavy (non-hydrogen) atoms. The third kappa shape index (κ3) is 2.89. The number of rotatable bonds is 4. The molecule has 1 atom stereocenters. The Labute approximate surface area is 71.1 Å². The van der Waals surface area contributed by atoms with E-state index in [0.717, 1.165) is 13.0 Å². The largest absolute Gasteiger partial charge is 0.305 e. The first-order valence-electron chi connectivity index (χ1n) is 3.75. The van der Waals surface area contributed by atoms with E-state index in [1.807, 2.05) is 18.9 Å². The summed E-state index contributed by atoms with van der Waals surface area (Å²) in [5.41, 5.74) is 0. The van der Waals surface area contributed by atoms with Crippen molar-refractivity contribution >= 4 is 11.1 Å². The quantitative estimate of drug-likeness (QED) is 0.661. The Morgan fingerprint density at radius 2 is 2.00 bits per heavy atom. The fourth-order valence-electron chi connectivity index (χ4n) is 0.738. The lowest BCUT2D eigenvalue weighted by atomic mass is 10.3. The molecule has 0 aromatic heterocycles. The van der Waals surface area contributed by atoms with Gasteiger partial charge in [0.05, 0.1) is 0 Å². The van der Waals surface area contributed by atoms with Gasteiger partial charge in [0, 0.05) is 0 Å². The second kappa shape index (κ2) is 4.18. The van der Waals surface area contributed by atoms with Crippen LogP contribution in [-0.4, -0.2) is 32.1 Å². The van der Waals surface area contributed by atoms with E-state index in [9.17, 15) is 4.21 Å². The summed E-state index contributed by atoms with van der Waals surface area (Å²) in [6.07, 6.45) is 0.997. The van der Waals surface area contributed by atoms with Gasteiger partial charge in [-0.15, -0.1) is 0 Å². The number of hydrogen-bond acceptors (Lipinski definition) is 2. The van der Waals surface area contributed by atoms with Crippen LogP contribution in [0.25, 0.3) is 0 Å². The van der Waals surface area contributed by atoms with Crippen LogP contribution in [-0.2, 0) is 11.1 Å². The molecule has 68 valence electrons. The topological polar surface area (TPSA) is 40.5 Å². The van der Waals surface area contributed by atoms with Gasteiger partial charge in [-0.25, -0.2) is 4.21 Å². The van der Waals surface area contributed by atoms with Crippen molar-refractivity contribution in [1.82, 2.24) is 4.90 Å². The molecule has 0 aliphatic heterocycles. The molecule has 0 aromatic rings. The molecule has 1 unspecified atom stereocenters. The maximum atomic E-state index is 10.8. The molecule has 3 nitrogen and oxygen atoms in total. The fourth-order valence-corrected chi connectivity index (χ4v) is 1.10. The van der Waals surface area contributed by atoms with Gasteiger partial charge in [0.2, 0.25) is 0 Å². The van der Waals surface area contributed by atoms with Crippen molar-refractivity contribution in [3.63, 3.8) is 0 Å². The molecule has 1 N–H and O–H groups in total. The van der Waals surface area contributed by atoms with Crippen LogP contribution in [0.5, 0.6) is 0 Å². The summed E-state index contributed by atoms with van der Waals surface area (Å²) in [7, 11) is 1.86. The van der Waals surface area contributed by atoms with Gasteiger partial charge in [-0.3, -0.25) is 4.90 Å². The first kappa shape index (κ1) is 11.1. The van der Waals surface area contributed by atoms with E-state index in [2.05, 4.69) is 0 Å². The van der Waals surface area contributed by atoms with Gasteiger partial charge in [-0.05, 0) is 33.9 Å². The van der Waals surface area contributed by atoms with E-state index in [4.69, 9.17) is 4.55 Å². The van der Waals surface area contributed by atoms with Crippen molar-refractivity contribution in [2.24, 2.45) is 0 Å². The van der Waals surface area contributed by atoms with Gasteiger partial charge < -0.3 is 4.55 Å². The van der Waals surface area contributed by atoms with Crippen LogP contribution in [0.3, 0.4) is 0 Å². The normalized spacial score (nSPS) is 15.5. The highest BCUT2D eigenvalue weighted by Gasteiger charge is 2.28. The van der Waals surface area contributed by atoms with Crippen LogP contribution >= 0.6 is 0 Å². The third-order valence-electron chi connectivity index (χ3n) is 1.91. The summed E-state index contributed by atoms with van der Waals surface area (Å²) < 4.78 is 19.7. The van der Waals surface area contributed by atoms with Gasteiger partial charge in [0.25, 0.3) is 0 Å². The molecule has 0 aliphatic carbocycles. The maximum absolute atomic E-state index is 10.8. The van der Waals surface area contributed by atoms with Gasteiger partial charge in [-0.1, -0.05) is 6.92 Å². The van der Waals surface area contributed by atoms with Crippen LogP contribution in [0.15, 0.2) is 0 Å². The minimum atomic E-state index is -1.78. The second-order valence-electron chi connectivity index (χ2n) is 3.12. The highest BCUT2D eigenvalue weighted by molar-refractivity contribution is 7.80. The molecular formula is C7H17NO2S. The molecule has 0 aliphatic rings. The Kier molecular flexibility index (Phi) is 4.21. The fraction of sp³-hybridized carbons (Fsp3) is 1.00. The van der Waals surface area contributed by atoms with Crippen LogP contribution in [0, 0.1) is 0 Å². The lowest BCUT2D eigenvalue weighted by Crippen LogP contribution is -2.44. The van der Waals surface area contributed by atoms with Gasteiger partial charge in [-0.2, -0.15) is 0 Å². The first-order chi connectivity index (χ1) is 4.92. The molecule has 4 heteroatoms. The molecule has 0 radical (unpaired) electrons. The first-order valence-corrected chi connectivity index (χ1v) is 4.85. The average Bonchev–Trinajstić information content (AvgIpc) is 1.88. The van der Waals surface area contributed by atoms with E-state index >= 15 is 0 Å². The van der Waals surface area contributed by atoms with Crippen molar-refractivity contribution < 1.29 is 8.76 Å². The zero-order valence-corrected chi connectivity index (χ0v) is 8.44. The summed E-state index contributed by atoms with van der Waals surface area (Å²) in [5, 5.41) is 0. The molecule has 0 bridgehead atoms. The Morgan fingerprint density at radius 1 is 1.55 bits per heavy atom. The van der Waals surface area contributed by atoms with Gasteiger partial charge in [0.1, 0.15) is 4.87 Å². The highest BCUT2D eigenvalue weighted by Crippen LogP contribution is 2.15. The predicted octanol–water partition coefficient (Wildman–Crippen LogP) is 1.29. The van der Waals surface area contributed by atoms with Crippen molar-refractivity contribution in [3.05, 3.63) is 0 Å². The summed E-state index contributed by atoms with van der Waals surface area (Å²) in [6.45, 7) is 6.42. The smallest absolute Gasteiger partial charge is 0.173 e. The minimum absolute atomic E-state index is 0.629. The number of hydrogen-bond donors (Lipinski definition) is 1. The van der Waals surface area contributed by atoms with E-state index in [1.165, 1.54) is 0 Å². The van der Waals surface area contributed by atoms with Gasteiger partial charge >= 0.3 is 0 Å². The van der Waals surface area contributed by atoms with E-state index in [1.54, 1.807) is 13.8 Å². The van der Waals surface area contributed by atoms with Gasteiger partial charge in [0.15, 0.2) is 11.1 Å². The SMILES string of the molecule is CCCN(C)C(C)(C)S(=O)O. The Morgan fingerprint density at radius 3 is 2.27 bits per heavy atom. The van der Waals surface area contributed by atoms with E-state index in [0.29, 0.717) is 0 Å². The Balaban J connectivity index is 4.17. The summed E-state index contributed by atoms with van der Waals surface area (Å²) in [4.78, 5) is 1.26. The minimum Gasteiger partial charge on any atom is -0.305 e. The van der Waals surface area contributed by atoms with Crippen molar-refractivity contribution in [1.29, 1.82) is 0 Å². The molecule has 0 rings (SSSR count). The monoisotopic (exact) mass is 179 g/mol. The van der Waals surface area contributed by atoms with E-state index in [-0.39, 0.29) is 0 Å². The maximum Gasteiger partial charge on any atom is 0.173 e. The molecular weight excluding hydrogens is 162 g/mol. The van der Waals surface area contributed by atoms with E-state index < -0.39 is 16.0 Å². The summed E-state index contributed by atoms with van der Waals surface area (Å²) in [5.74, 6) is 0. The van der Waals surface area contributed by atoms with Crippen LogP contribution in [0.1, 0.15) is 27.2 Å². The van der Waals surface area contributed by atoms with Crippen LogP contribution in [0.2, 0.25) is 0 Å². The predicted molar refractivity (Wildman–Crippen MR) is 47.8 cm³/mol. The molecule has 0 aromatic carbocycles. The highest BCUT2D eigenvalue weighted by atomic mass is 32.2. The Hall–Kier alpha value is 0.0700. The van der Waals surface area contributed by atoms with Crippen molar-refractivity contribution in [2.45, 2.75) is 32.1 Å². The summed E-state index contributed by atoms with van der Waals surface area (Å²) in [6, 6.07) is 0. The summed E-state index contributed by atoms with van der Waals surface area (Å²) >= 11 is -1.78. The zero-order valence-electron chi connectivity index (χ0n) is 7.63. The molecule has 0 spiro atoms. The van der Waals surface area contributed by atoms with Crippen molar-refractivity contribution in [3.8, 4) is 0 Å². The lowest BCUT2D eigenvalue weighted by molar-refractivity contribution is 0.228. The molecule has 0 heterocycles. The molecule has 0 saturated heterocycles. The zero-order chi connectivity index (χ0) is 9.07. The third-order valence-corrected chi connectivity index (χ3v) is 3.07. The molecule has 0 amide bonds. The lowest BCUT2D eigenvalue weighted by Gasteiger charge is -2.31. The van der Waals surface area contributed by atoms with Crippen molar-refractivity contribution in [2.75, 3.05) is 13.6 Å². The van der Waals surface area contributed by atoms with Crippen LogP contribution in [0.4, 0.5) is 0 Å². The average molecular weight is 179 g/mol. The number of nitrogens with zero attached hydrogens (tertiary/aromatic N) is 1. The molecule has 0 saturated carbocycles. The standard InChI is InChI=1S/C7H17NO2S/c1-5-6-8(4)7(2,3)11(9)10/h5-6H2,1-4H3,(H,9,10). The Bertz CT molecular complexity index is 147. The molecule has 0 fully saturated rings. The second-order valence-corrected chi connectivity index (χ2v) is 4.61.